The number of benzene rings is 2. The summed E-state index contributed by atoms with van der Waals surface area (Å²) in [5.41, 5.74) is 5.44. The second-order valence-corrected chi connectivity index (χ2v) is 6.38. The van der Waals surface area contributed by atoms with Crippen molar-refractivity contribution in [3.8, 4) is 11.1 Å². The Labute approximate surface area is 121 Å². The first kappa shape index (κ1) is 12.3. The summed E-state index contributed by atoms with van der Waals surface area (Å²) in [5, 5.41) is -0.320. The fourth-order valence-corrected chi connectivity index (χ4v) is 3.59. The molecule has 1 aliphatic rings. The van der Waals surface area contributed by atoms with E-state index in [1.165, 1.54) is 5.56 Å². The fourth-order valence-electron chi connectivity index (χ4n) is 2.56. The van der Waals surface area contributed by atoms with Gasteiger partial charge in [-0.2, -0.15) is 0 Å². The number of alkyl halides is 3. The first-order valence-corrected chi connectivity index (χ1v) is 6.94. The number of fused-ring (bicyclic) bond motifs is 1. The van der Waals surface area contributed by atoms with Gasteiger partial charge in [0.25, 0.3) is 0 Å². The van der Waals surface area contributed by atoms with Gasteiger partial charge in [-0.15, -0.1) is 11.6 Å². The van der Waals surface area contributed by atoms with E-state index in [1.54, 1.807) is 0 Å². The molecule has 3 heteroatoms. The number of halogens is 3. The van der Waals surface area contributed by atoms with Crippen LogP contribution in [0.2, 0.25) is 0 Å². The molecule has 92 valence electrons. The number of rotatable bonds is 1. The van der Waals surface area contributed by atoms with Crippen molar-refractivity contribution in [1.29, 1.82) is 0 Å². The van der Waals surface area contributed by atoms with Crippen LogP contribution in [0.5, 0.6) is 0 Å². The van der Waals surface area contributed by atoms with Gasteiger partial charge in [-0.25, -0.2) is 0 Å². The molecule has 3 rings (SSSR count). The zero-order valence-corrected chi connectivity index (χ0v) is 12.0. The molecule has 1 aliphatic carbocycles. The second-order valence-electron chi connectivity index (χ2n) is 4.55. The molecule has 0 saturated carbocycles. The first-order chi connectivity index (χ1) is 8.53. The average Bonchev–Trinajstić information content (AvgIpc) is 2.38. The lowest BCUT2D eigenvalue weighted by Gasteiger charge is -2.40. The molecule has 0 aromatic heterocycles. The SMILES string of the molecule is Cc1c(-c2ccccc2)ccc2c1C(Cl)(Cl)C2Cl. The van der Waals surface area contributed by atoms with E-state index in [0.717, 1.165) is 22.3 Å². The van der Waals surface area contributed by atoms with Crippen molar-refractivity contribution in [2.24, 2.45) is 0 Å². The number of hydrogen-bond acceptors (Lipinski definition) is 0. The molecule has 0 radical (unpaired) electrons. The molecule has 1 atom stereocenters. The Morgan fingerprint density at radius 1 is 1.00 bits per heavy atom. The standard InChI is InChI=1S/C15H11Cl3/c1-9-11(10-5-3-2-4-6-10)7-8-12-13(9)15(17,18)14(12)16/h2-8,14H,1H3. The van der Waals surface area contributed by atoms with Gasteiger partial charge in [0, 0.05) is 0 Å². The van der Waals surface area contributed by atoms with Crippen molar-refractivity contribution in [3.05, 3.63) is 59.2 Å². The molecule has 18 heavy (non-hydrogen) atoms. The average molecular weight is 298 g/mol. The molecule has 2 aromatic rings. The van der Waals surface area contributed by atoms with Gasteiger partial charge in [0.15, 0.2) is 4.33 Å². The normalized spacial score (nSPS) is 20.1. The summed E-state index contributed by atoms with van der Waals surface area (Å²) in [7, 11) is 0. The van der Waals surface area contributed by atoms with E-state index in [1.807, 2.05) is 31.2 Å². The molecule has 1 unspecified atom stereocenters. The van der Waals surface area contributed by atoms with Crippen LogP contribution >= 0.6 is 34.8 Å². The Kier molecular flexibility index (Phi) is 2.85. The topological polar surface area (TPSA) is 0 Å². The van der Waals surface area contributed by atoms with Gasteiger partial charge in [-0.05, 0) is 34.7 Å². The van der Waals surface area contributed by atoms with E-state index < -0.39 is 4.33 Å². The van der Waals surface area contributed by atoms with Crippen LogP contribution in [0.4, 0.5) is 0 Å². The molecule has 0 bridgehead atoms. The predicted molar refractivity (Wildman–Crippen MR) is 78.6 cm³/mol. The van der Waals surface area contributed by atoms with Gasteiger partial charge < -0.3 is 0 Å². The van der Waals surface area contributed by atoms with Crippen LogP contribution < -0.4 is 0 Å². The molecule has 0 nitrogen and oxygen atoms in total. The van der Waals surface area contributed by atoms with Gasteiger partial charge in [-0.3, -0.25) is 0 Å². The predicted octanol–water partition coefficient (Wildman–Crippen LogP) is 5.59. The zero-order valence-electron chi connectivity index (χ0n) is 9.75. The van der Waals surface area contributed by atoms with Crippen molar-refractivity contribution in [3.63, 3.8) is 0 Å². The molecule has 0 fully saturated rings. The molecule has 0 N–H and O–H groups in total. The van der Waals surface area contributed by atoms with Crippen molar-refractivity contribution in [2.75, 3.05) is 0 Å². The van der Waals surface area contributed by atoms with Crippen LogP contribution in [0, 0.1) is 6.92 Å². The number of hydrogen-bond donors (Lipinski definition) is 0. The van der Waals surface area contributed by atoms with Gasteiger partial charge in [0.1, 0.15) is 0 Å². The van der Waals surface area contributed by atoms with E-state index in [2.05, 4.69) is 18.2 Å². The van der Waals surface area contributed by atoms with Crippen molar-refractivity contribution < 1.29 is 0 Å². The molecule has 2 aromatic carbocycles. The lowest BCUT2D eigenvalue weighted by atomic mass is 9.80. The van der Waals surface area contributed by atoms with Crippen molar-refractivity contribution in [1.82, 2.24) is 0 Å². The third kappa shape index (κ3) is 1.60. The minimum atomic E-state index is -0.967. The molecular formula is C15H11Cl3. The molecule has 0 amide bonds. The van der Waals surface area contributed by atoms with E-state index >= 15 is 0 Å². The zero-order chi connectivity index (χ0) is 12.9. The van der Waals surface area contributed by atoms with Crippen LogP contribution in [0.3, 0.4) is 0 Å². The van der Waals surface area contributed by atoms with Crippen molar-refractivity contribution >= 4 is 34.8 Å². The highest BCUT2D eigenvalue weighted by Crippen LogP contribution is 2.61. The Morgan fingerprint density at radius 2 is 1.67 bits per heavy atom. The fraction of sp³-hybridized carbons (Fsp3) is 0.200. The van der Waals surface area contributed by atoms with Crippen LogP contribution in [0.25, 0.3) is 11.1 Å². The molecule has 0 heterocycles. The maximum atomic E-state index is 6.28. The van der Waals surface area contributed by atoms with E-state index in [-0.39, 0.29) is 5.38 Å². The Hall–Kier alpha value is -0.690. The van der Waals surface area contributed by atoms with Gasteiger partial charge in [0.2, 0.25) is 0 Å². The quantitative estimate of drug-likeness (QED) is 0.602. The van der Waals surface area contributed by atoms with Crippen LogP contribution in [0.15, 0.2) is 42.5 Å². The Balaban J connectivity index is 2.19. The lowest BCUT2D eigenvalue weighted by Crippen LogP contribution is -2.31. The van der Waals surface area contributed by atoms with E-state index in [4.69, 9.17) is 34.8 Å². The second kappa shape index (κ2) is 4.16. The minimum Gasteiger partial charge on any atom is -0.114 e. The minimum absolute atomic E-state index is 0.320. The summed E-state index contributed by atoms with van der Waals surface area (Å²) >= 11 is 18.7. The van der Waals surface area contributed by atoms with Crippen molar-refractivity contribution in [2.45, 2.75) is 16.6 Å². The maximum absolute atomic E-state index is 6.28. The Bertz CT molecular complexity index is 603. The van der Waals surface area contributed by atoms with Crippen LogP contribution in [-0.2, 0) is 4.33 Å². The van der Waals surface area contributed by atoms with E-state index in [9.17, 15) is 0 Å². The Morgan fingerprint density at radius 3 is 2.33 bits per heavy atom. The molecule has 0 saturated heterocycles. The summed E-state index contributed by atoms with van der Waals surface area (Å²) < 4.78 is -0.967. The lowest BCUT2D eigenvalue weighted by molar-refractivity contribution is 0.691. The van der Waals surface area contributed by atoms with Gasteiger partial charge in [0.05, 0.1) is 5.38 Å². The summed E-state index contributed by atoms with van der Waals surface area (Å²) in [6, 6.07) is 14.3. The smallest absolute Gasteiger partial charge is 0.114 e. The first-order valence-electron chi connectivity index (χ1n) is 5.74. The summed E-state index contributed by atoms with van der Waals surface area (Å²) in [5.74, 6) is 0. The van der Waals surface area contributed by atoms with Gasteiger partial charge >= 0.3 is 0 Å². The highest BCUT2D eigenvalue weighted by Gasteiger charge is 2.50. The van der Waals surface area contributed by atoms with Gasteiger partial charge in [-0.1, -0.05) is 65.7 Å². The summed E-state index contributed by atoms with van der Waals surface area (Å²) in [4.78, 5) is 0. The van der Waals surface area contributed by atoms with Crippen LogP contribution in [-0.4, -0.2) is 0 Å². The third-order valence-electron chi connectivity index (χ3n) is 3.51. The summed E-state index contributed by atoms with van der Waals surface area (Å²) in [6.07, 6.45) is 0. The van der Waals surface area contributed by atoms with Crippen LogP contribution in [0.1, 0.15) is 22.1 Å². The largest absolute Gasteiger partial charge is 0.164 e. The monoisotopic (exact) mass is 296 g/mol. The molecule has 0 aliphatic heterocycles. The van der Waals surface area contributed by atoms with E-state index in [0.29, 0.717) is 0 Å². The maximum Gasteiger partial charge on any atom is 0.164 e. The molecule has 0 spiro atoms. The highest BCUT2D eigenvalue weighted by atomic mass is 35.5. The highest BCUT2D eigenvalue weighted by molar-refractivity contribution is 6.53. The third-order valence-corrected chi connectivity index (χ3v) is 5.11. The summed E-state index contributed by atoms with van der Waals surface area (Å²) in [6.45, 7) is 2.05. The molecular weight excluding hydrogens is 287 g/mol.